The Labute approximate surface area is 181 Å². The van der Waals surface area contributed by atoms with Crippen LogP contribution in [0, 0.1) is 0 Å². The third-order valence-corrected chi connectivity index (χ3v) is 5.84. The molecule has 0 saturated heterocycles. The summed E-state index contributed by atoms with van der Waals surface area (Å²) in [6.07, 6.45) is 1.76. The van der Waals surface area contributed by atoms with Crippen LogP contribution in [0.3, 0.4) is 0 Å². The van der Waals surface area contributed by atoms with Crippen LogP contribution in [0.5, 0.6) is 0 Å². The molecule has 0 atom stereocenters. The van der Waals surface area contributed by atoms with Gasteiger partial charge in [0.1, 0.15) is 11.2 Å². The van der Waals surface area contributed by atoms with Gasteiger partial charge in [0.05, 0.1) is 35.7 Å². The molecule has 30 heavy (non-hydrogen) atoms. The summed E-state index contributed by atoms with van der Waals surface area (Å²) < 4.78 is 1.89. The highest BCUT2D eigenvalue weighted by Gasteiger charge is 2.23. The second-order valence-corrected chi connectivity index (χ2v) is 7.89. The largest absolute Gasteiger partial charge is 0.362 e. The molecular formula is C20H17Cl2N7O. The minimum absolute atomic E-state index is 0.246. The SMILES string of the molecule is O=C(NCc1ccc(Cl)cc1)c1[nH]nc2c(Cl)c(N3CCn4nncc4C3)ccc12. The van der Waals surface area contributed by atoms with Crippen LogP contribution in [-0.2, 0) is 19.6 Å². The van der Waals surface area contributed by atoms with Crippen LogP contribution in [-0.4, -0.2) is 37.6 Å². The van der Waals surface area contributed by atoms with Crippen molar-refractivity contribution in [3.8, 4) is 0 Å². The highest BCUT2D eigenvalue weighted by Crippen LogP contribution is 2.35. The number of carbonyl (C=O) groups is 1. The molecule has 0 aliphatic carbocycles. The molecule has 2 aromatic heterocycles. The Balaban J connectivity index is 1.37. The number of rotatable bonds is 4. The predicted molar refractivity (Wildman–Crippen MR) is 115 cm³/mol. The first-order valence-electron chi connectivity index (χ1n) is 9.41. The quantitative estimate of drug-likeness (QED) is 0.506. The van der Waals surface area contributed by atoms with Gasteiger partial charge in [0.2, 0.25) is 0 Å². The van der Waals surface area contributed by atoms with Crippen LogP contribution in [0.2, 0.25) is 10.0 Å². The molecule has 1 amide bonds. The number of aromatic nitrogens is 5. The number of amides is 1. The van der Waals surface area contributed by atoms with E-state index in [1.807, 2.05) is 28.9 Å². The smallest absolute Gasteiger partial charge is 0.270 e. The van der Waals surface area contributed by atoms with E-state index in [0.717, 1.165) is 30.0 Å². The number of anilines is 1. The van der Waals surface area contributed by atoms with Crippen molar-refractivity contribution in [2.24, 2.45) is 0 Å². The minimum atomic E-state index is -0.246. The number of carbonyl (C=O) groups excluding carboxylic acids is 1. The van der Waals surface area contributed by atoms with Crippen LogP contribution in [0.1, 0.15) is 21.7 Å². The zero-order valence-corrected chi connectivity index (χ0v) is 17.3. The molecule has 10 heteroatoms. The highest BCUT2D eigenvalue weighted by atomic mass is 35.5. The average Bonchev–Trinajstić information content (AvgIpc) is 3.40. The van der Waals surface area contributed by atoms with Gasteiger partial charge in [-0.25, -0.2) is 4.68 Å². The molecule has 152 valence electrons. The van der Waals surface area contributed by atoms with E-state index in [1.54, 1.807) is 18.3 Å². The van der Waals surface area contributed by atoms with Crippen molar-refractivity contribution in [2.45, 2.75) is 19.6 Å². The molecular weight excluding hydrogens is 425 g/mol. The van der Waals surface area contributed by atoms with E-state index in [-0.39, 0.29) is 5.91 Å². The zero-order valence-electron chi connectivity index (χ0n) is 15.8. The Morgan fingerprint density at radius 3 is 2.80 bits per heavy atom. The number of hydrogen-bond acceptors (Lipinski definition) is 5. The fraction of sp³-hybridized carbons (Fsp3) is 0.200. The van der Waals surface area contributed by atoms with Gasteiger partial charge >= 0.3 is 0 Å². The average molecular weight is 442 g/mol. The van der Waals surface area contributed by atoms with Gasteiger partial charge in [0.15, 0.2) is 0 Å². The zero-order chi connectivity index (χ0) is 20.7. The first-order chi connectivity index (χ1) is 14.6. The molecule has 0 unspecified atom stereocenters. The second kappa shape index (κ2) is 7.62. The summed E-state index contributed by atoms with van der Waals surface area (Å²) in [7, 11) is 0. The fourth-order valence-electron chi connectivity index (χ4n) is 3.61. The maximum atomic E-state index is 12.7. The van der Waals surface area contributed by atoms with Crippen LogP contribution in [0.4, 0.5) is 5.69 Å². The van der Waals surface area contributed by atoms with Gasteiger partial charge in [0.25, 0.3) is 5.91 Å². The number of H-pyrrole nitrogens is 1. The van der Waals surface area contributed by atoms with Gasteiger partial charge in [-0.15, -0.1) is 5.10 Å². The summed E-state index contributed by atoms with van der Waals surface area (Å²) in [5.41, 5.74) is 3.81. The maximum Gasteiger partial charge on any atom is 0.270 e. The molecule has 0 saturated carbocycles. The van der Waals surface area contributed by atoms with Crippen molar-refractivity contribution in [3.63, 3.8) is 0 Å². The Kier molecular flexibility index (Phi) is 4.80. The standard InChI is InChI=1S/C20H17Cl2N7O/c21-13-3-1-12(2-4-13)9-23-20(30)19-15-5-6-16(17(22)18(15)25-26-19)28-7-8-29-14(11-28)10-24-27-29/h1-6,10H,7-9,11H2,(H,23,30)(H,25,26). The molecule has 2 aromatic carbocycles. The number of nitrogens with one attached hydrogen (secondary N) is 2. The van der Waals surface area contributed by atoms with Gasteiger partial charge in [-0.05, 0) is 29.8 Å². The maximum absolute atomic E-state index is 12.7. The fourth-order valence-corrected chi connectivity index (χ4v) is 4.07. The van der Waals surface area contributed by atoms with Crippen LogP contribution in [0.15, 0.2) is 42.6 Å². The van der Waals surface area contributed by atoms with Gasteiger partial charge in [-0.1, -0.05) is 40.5 Å². The van der Waals surface area contributed by atoms with Gasteiger partial charge < -0.3 is 10.2 Å². The predicted octanol–water partition coefficient (Wildman–Crippen LogP) is 3.41. The molecule has 0 radical (unpaired) electrons. The monoisotopic (exact) mass is 441 g/mol. The van der Waals surface area contributed by atoms with Crippen molar-refractivity contribution in [1.29, 1.82) is 0 Å². The Bertz CT molecular complexity index is 1230. The molecule has 1 aliphatic rings. The van der Waals surface area contributed by atoms with E-state index in [4.69, 9.17) is 23.2 Å². The molecule has 4 aromatic rings. The highest BCUT2D eigenvalue weighted by molar-refractivity contribution is 6.38. The van der Waals surface area contributed by atoms with E-state index in [1.165, 1.54) is 0 Å². The summed E-state index contributed by atoms with van der Waals surface area (Å²) in [5, 5.41) is 19.9. The van der Waals surface area contributed by atoms with E-state index in [9.17, 15) is 4.79 Å². The van der Waals surface area contributed by atoms with Crippen LogP contribution < -0.4 is 10.2 Å². The van der Waals surface area contributed by atoms with E-state index in [0.29, 0.717) is 39.7 Å². The molecule has 5 rings (SSSR count). The van der Waals surface area contributed by atoms with E-state index in [2.05, 4.69) is 30.7 Å². The lowest BCUT2D eigenvalue weighted by Gasteiger charge is -2.29. The lowest BCUT2D eigenvalue weighted by Crippen LogP contribution is -2.34. The van der Waals surface area contributed by atoms with Crippen molar-refractivity contribution < 1.29 is 4.79 Å². The number of benzene rings is 2. The van der Waals surface area contributed by atoms with Gasteiger partial charge in [0, 0.05) is 23.5 Å². The van der Waals surface area contributed by atoms with Crippen molar-refractivity contribution >= 4 is 45.7 Å². The first-order valence-corrected chi connectivity index (χ1v) is 10.2. The minimum Gasteiger partial charge on any atom is -0.362 e. The van der Waals surface area contributed by atoms with E-state index >= 15 is 0 Å². The molecule has 2 N–H and O–H groups in total. The number of nitrogens with zero attached hydrogens (tertiary/aromatic N) is 5. The lowest BCUT2D eigenvalue weighted by atomic mass is 10.1. The summed E-state index contributed by atoms with van der Waals surface area (Å²) in [6.45, 7) is 2.55. The van der Waals surface area contributed by atoms with Crippen molar-refractivity contribution in [2.75, 3.05) is 11.4 Å². The van der Waals surface area contributed by atoms with Crippen molar-refractivity contribution in [3.05, 3.63) is 69.6 Å². The first kappa shape index (κ1) is 18.9. The molecule has 8 nitrogen and oxygen atoms in total. The lowest BCUT2D eigenvalue weighted by molar-refractivity contribution is 0.0947. The number of halogens is 2. The molecule has 0 bridgehead atoms. The molecule has 0 spiro atoms. The van der Waals surface area contributed by atoms with Gasteiger partial charge in [-0.2, -0.15) is 5.10 Å². The van der Waals surface area contributed by atoms with Crippen molar-refractivity contribution in [1.82, 2.24) is 30.5 Å². The third kappa shape index (κ3) is 3.38. The number of fused-ring (bicyclic) bond motifs is 2. The Hall–Kier alpha value is -3.10. The summed E-state index contributed by atoms with van der Waals surface area (Å²) in [4.78, 5) is 14.8. The number of aromatic amines is 1. The normalized spacial score (nSPS) is 13.5. The number of hydrogen-bond donors (Lipinski definition) is 2. The van der Waals surface area contributed by atoms with Crippen LogP contribution >= 0.6 is 23.2 Å². The second-order valence-electron chi connectivity index (χ2n) is 7.07. The summed E-state index contributed by atoms with van der Waals surface area (Å²) in [5.74, 6) is -0.246. The summed E-state index contributed by atoms with van der Waals surface area (Å²) >= 11 is 12.6. The van der Waals surface area contributed by atoms with E-state index < -0.39 is 0 Å². The Morgan fingerprint density at radius 2 is 1.97 bits per heavy atom. The molecule has 1 aliphatic heterocycles. The van der Waals surface area contributed by atoms with Crippen LogP contribution in [0.25, 0.3) is 10.9 Å². The van der Waals surface area contributed by atoms with Gasteiger partial charge in [-0.3, -0.25) is 9.89 Å². The molecule has 0 fully saturated rings. The Morgan fingerprint density at radius 1 is 1.13 bits per heavy atom. The molecule has 3 heterocycles. The third-order valence-electron chi connectivity index (χ3n) is 5.21. The topological polar surface area (TPSA) is 91.7 Å². The summed E-state index contributed by atoms with van der Waals surface area (Å²) in [6, 6.07) is 11.1.